The lowest BCUT2D eigenvalue weighted by atomic mass is 10.2. The van der Waals surface area contributed by atoms with Gasteiger partial charge in [-0.05, 0) is 18.6 Å². The number of aliphatic hydroxyl groups is 1. The zero-order valence-corrected chi connectivity index (χ0v) is 10.5. The van der Waals surface area contributed by atoms with Gasteiger partial charge in [0.25, 0.3) is 0 Å². The van der Waals surface area contributed by atoms with E-state index in [1.807, 2.05) is 0 Å². The number of nitrogens with one attached hydrogen (secondary N) is 1. The molecule has 0 spiro atoms. The Hall–Kier alpha value is -1.95. The molecule has 4 nitrogen and oxygen atoms in total. The molecule has 102 valence electrons. The molecule has 0 amide bonds. The average Bonchev–Trinajstić information content (AvgIpc) is 2.82. The Morgan fingerprint density at radius 3 is 2.89 bits per heavy atom. The molecule has 0 bridgehead atoms. The molecule has 0 saturated heterocycles. The predicted molar refractivity (Wildman–Crippen MR) is 67.7 cm³/mol. The van der Waals surface area contributed by atoms with Crippen molar-refractivity contribution in [2.75, 3.05) is 11.9 Å². The summed E-state index contributed by atoms with van der Waals surface area (Å²) in [4.78, 5) is 0. The van der Waals surface area contributed by atoms with Crippen molar-refractivity contribution >= 4 is 5.69 Å². The van der Waals surface area contributed by atoms with Crippen LogP contribution in [0.2, 0.25) is 0 Å². The van der Waals surface area contributed by atoms with Gasteiger partial charge in [0, 0.05) is 18.3 Å². The highest BCUT2D eigenvalue weighted by Crippen LogP contribution is 2.22. The highest BCUT2D eigenvalue weighted by Gasteiger charge is 2.11. The summed E-state index contributed by atoms with van der Waals surface area (Å²) >= 11 is 0. The second kappa shape index (κ2) is 5.79. The summed E-state index contributed by atoms with van der Waals surface area (Å²) in [6.45, 7) is 2.24. The molecule has 2 aromatic rings. The lowest BCUT2D eigenvalue weighted by Gasteiger charge is -2.09. The fraction of sp³-hybridized carbons (Fsp3) is 0.308. The minimum absolute atomic E-state index is 0.00428. The Balaban J connectivity index is 2.07. The largest absolute Gasteiger partial charge is 0.394 e. The van der Waals surface area contributed by atoms with Crippen LogP contribution in [0, 0.1) is 18.6 Å². The second-order valence-corrected chi connectivity index (χ2v) is 4.24. The Bertz CT molecular complexity index is 569. The van der Waals surface area contributed by atoms with Crippen LogP contribution in [-0.2, 0) is 13.1 Å². The Morgan fingerprint density at radius 1 is 1.37 bits per heavy atom. The van der Waals surface area contributed by atoms with Crippen LogP contribution in [0.3, 0.4) is 0 Å². The monoisotopic (exact) mass is 267 g/mol. The third-order valence-electron chi connectivity index (χ3n) is 2.77. The third kappa shape index (κ3) is 3.08. The first-order valence-electron chi connectivity index (χ1n) is 5.92. The van der Waals surface area contributed by atoms with Gasteiger partial charge in [-0.15, -0.1) is 0 Å². The number of halogens is 2. The quantitative estimate of drug-likeness (QED) is 0.872. The highest BCUT2D eigenvalue weighted by molar-refractivity contribution is 5.49. The maximum absolute atomic E-state index is 13.7. The summed E-state index contributed by atoms with van der Waals surface area (Å²) in [6.07, 6.45) is 3.31. The fourth-order valence-corrected chi connectivity index (χ4v) is 1.73. The topological polar surface area (TPSA) is 50.1 Å². The number of benzene rings is 1. The van der Waals surface area contributed by atoms with E-state index in [0.717, 1.165) is 5.56 Å². The van der Waals surface area contributed by atoms with Crippen LogP contribution >= 0.6 is 0 Å². The van der Waals surface area contributed by atoms with Crippen molar-refractivity contribution in [1.82, 2.24) is 9.78 Å². The summed E-state index contributed by atoms with van der Waals surface area (Å²) in [7, 11) is 0. The van der Waals surface area contributed by atoms with Gasteiger partial charge >= 0.3 is 0 Å². The third-order valence-corrected chi connectivity index (χ3v) is 2.77. The number of anilines is 1. The maximum Gasteiger partial charge on any atom is 0.152 e. The van der Waals surface area contributed by atoms with Gasteiger partial charge in [-0.3, -0.25) is 4.68 Å². The van der Waals surface area contributed by atoms with Crippen molar-refractivity contribution in [3.05, 3.63) is 47.3 Å². The second-order valence-electron chi connectivity index (χ2n) is 4.24. The maximum atomic E-state index is 13.7. The molecule has 2 rings (SSSR count). The Labute approximate surface area is 109 Å². The number of rotatable bonds is 5. The van der Waals surface area contributed by atoms with Gasteiger partial charge in [-0.25, -0.2) is 8.78 Å². The molecule has 19 heavy (non-hydrogen) atoms. The molecule has 0 radical (unpaired) electrons. The van der Waals surface area contributed by atoms with Gasteiger partial charge < -0.3 is 10.4 Å². The van der Waals surface area contributed by atoms with Crippen LogP contribution in [0.1, 0.15) is 11.1 Å². The van der Waals surface area contributed by atoms with Gasteiger partial charge in [0.15, 0.2) is 5.82 Å². The SMILES string of the molecule is Cc1ccc(F)c(NCc2cnn(CCO)c2)c1F. The van der Waals surface area contributed by atoms with E-state index in [1.165, 1.54) is 12.1 Å². The Morgan fingerprint density at radius 2 is 2.16 bits per heavy atom. The summed E-state index contributed by atoms with van der Waals surface area (Å²) in [6, 6.07) is 2.63. The minimum Gasteiger partial charge on any atom is -0.394 e. The van der Waals surface area contributed by atoms with Crippen LogP contribution in [0.25, 0.3) is 0 Å². The van der Waals surface area contributed by atoms with Crippen molar-refractivity contribution in [2.24, 2.45) is 0 Å². The van der Waals surface area contributed by atoms with Gasteiger partial charge in [0.1, 0.15) is 11.5 Å². The van der Waals surface area contributed by atoms with E-state index < -0.39 is 11.6 Å². The molecule has 0 unspecified atom stereocenters. The molecule has 0 aliphatic rings. The summed E-state index contributed by atoms with van der Waals surface area (Å²) < 4.78 is 28.8. The molecule has 6 heteroatoms. The number of aryl methyl sites for hydroxylation is 1. The average molecular weight is 267 g/mol. The number of aliphatic hydroxyl groups excluding tert-OH is 1. The van der Waals surface area contributed by atoms with Crippen LogP contribution in [0.5, 0.6) is 0 Å². The molecule has 0 atom stereocenters. The first-order valence-corrected chi connectivity index (χ1v) is 5.92. The molecule has 1 aromatic heterocycles. The van der Waals surface area contributed by atoms with Crippen LogP contribution in [0.15, 0.2) is 24.5 Å². The predicted octanol–water partition coefficient (Wildman–Crippen LogP) is 2.07. The summed E-state index contributed by atoms with van der Waals surface area (Å²) in [5, 5.41) is 15.5. The van der Waals surface area contributed by atoms with Gasteiger partial charge in [-0.2, -0.15) is 5.10 Å². The van der Waals surface area contributed by atoms with Crippen molar-refractivity contribution in [3.8, 4) is 0 Å². The zero-order chi connectivity index (χ0) is 13.8. The Kier molecular flexibility index (Phi) is 4.11. The minimum atomic E-state index is -0.620. The van der Waals surface area contributed by atoms with Crippen molar-refractivity contribution in [1.29, 1.82) is 0 Å². The molecular weight excluding hydrogens is 252 g/mol. The van der Waals surface area contributed by atoms with Crippen molar-refractivity contribution in [3.63, 3.8) is 0 Å². The molecule has 1 aromatic carbocycles. The molecule has 2 N–H and O–H groups in total. The molecule has 0 saturated carbocycles. The van der Waals surface area contributed by atoms with Crippen molar-refractivity contribution < 1.29 is 13.9 Å². The normalized spacial score (nSPS) is 10.7. The number of hydrogen-bond acceptors (Lipinski definition) is 3. The molecule has 0 aliphatic carbocycles. The highest BCUT2D eigenvalue weighted by atomic mass is 19.1. The molecular formula is C13H15F2N3O. The number of aromatic nitrogens is 2. The molecule has 0 aliphatic heterocycles. The van der Waals surface area contributed by atoms with E-state index in [0.29, 0.717) is 12.1 Å². The fourth-order valence-electron chi connectivity index (χ4n) is 1.73. The van der Waals surface area contributed by atoms with Gasteiger partial charge in [-0.1, -0.05) is 6.07 Å². The van der Waals surface area contributed by atoms with Gasteiger partial charge in [0.05, 0.1) is 19.3 Å². The summed E-state index contributed by atoms with van der Waals surface area (Å²) in [5.74, 6) is -1.20. The zero-order valence-electron chi connectivity index (χ0n) is 10.5. The van der Waals surface area contributed by atoms with E-state index in [1.54, 1.807) is 24.0 Å². The lowest BCUT2D eigenvalue weighted by Crippen LogP contribution is -2.05. The standard InChI is InChI=1S/C13H15F2N3O/c1-9-2-3-11(14)13(12(9)15)16-6-10-7-17-18(8-10)4-5-19/h2-3,7-8,16,19H,4-6H2,1H3. The van der Waals surface area contributed by atoms with Crippen LogP contribution < -0.4 is 5.32 Å². The van der Waals surface area contributed by atoms with E-state index in [-0.39, 0.29) is 18.8 Å². The van der Waals surface area contributed by atoms with Crippen LogP contribution in [-0.4, -0.2) is 21.5 Å². The van der Waals surface area contributed by atoms with E-state index in [9.17, 15) is 8.78 Å². The number of hydrogen-bond donors (Lipinski definition) is 2. The molecule has 0 fully saturated rings. The first kappa shape index (κ1) is 13.5. The van der Waals surface area contributed by atoms with Gasteiger partial charge in [0.2, 0.25) is 0 Å². The smallest absolute Gasteiger partial charge is 0.152 e. The molecule has 1 heterocycles. The van der Waals surface area contributed by atoms with E-state index >= 15 is 0 Å². The lowest BCUT2D eigenvalue weighted by molar-refractivity contribution is 0.269. The van der Waals surface area contributed by atoms with Crippen molar-refractivity contribution in [2.45, 2.75) is 20.0 Å². The number of nitrogens with zero attached hydrogens (tertiary/aromatic N) is 2. The first-order chi connectivity index (χ1) is 9.11. The van der Waals surface area contributed by atoms with Crippen LogP contribution in [0.4, 0.5) is 14.5 Å². The summed E-state index contributed by atoms with van der Waals surface area (Å²) in [5.41, 5.74) is 1.04. The van der Waals surface area contributed by atoms with E-state index in [4.69, 9.17) is 5.11 Å². The van der Waals surface area contributed by atoms with E-state index in [2.05, 4.69) is 10.4 Å².